The molecule has 1 atom stereocenters. The lowest BCUT2D eigenvalue weighted by atomic mass is 10.0. The quantitative estimate of drug-likeness (QED) is 0.905. The molecule has 0 saturated heterocycles. The third kappa shape index (κ3) is 3.42. The lowest BCUT2D eigenvalue weighted by Gasteiger charge is -2.15. The van der Waals surface area contributed by atoms with Gasteiger partial charge in [0.25, 0.3) is 0 Å². The fraction of sp³-hybridized carbons (Fsp3) is 0.200. The van der Waals surface area contributed by atoms with Gasteiger partial charge in [0.1, 0.15) is 11.6 Å². The van der Waals surface area contributed by atoms with E-state index in [-0.39, 0.29) is 5.82 Å². The van der Waals surface area contributed by atoms with Crippen LogP contribution in [0.4, 0.5) is 4.39 Å². The van der Waals surface area contributed by atoms with Crippen molar-refractivity contribution in [3.05, 3.63) is 63.4 Å². The third-order valence-electron chi connectivity index (χ3n) is 2.97. The van der Waals surface area contributed by atoms with Gasteiger partial charge in [0.2, 0.25) is 0 Å². The van der Waals surface area contributed by atoms with Gasteiger partial charge >= 0.3 is 0 Å². The maximum atomic E-state index is 12.8. The van der Waals surface area contributed by atoms with E-state index in [0.717, 1.165) is 5.56 Å². The van der Waals surface area contributed by atoms with Crippen molar-refractivity contribution in [1.82, 2.24) is 0 Å². The third-order valence-corrected chi connectivity index (χ3v) is 3.60. The van der Waals surface area contributed by atoms with Crippen molar-refractivity contribution >= 4 is 23.2 Å². The minimum absolute atomic E-state index is 0.311. The van der Waals surface area contributed by atoms with Crippen molar-refractivity contribution in [3.8, 4) is 5.75 Å². The number of hydrogen-bond donors (Lipinski definition) is 1. The molecule has 2 nitrogen and oxygen atoms in total. The molecule has 5 heteroatoms. The van der Waals surface area contributed by atoms with Gasteiger partial charge in [0.05, 0.1) is 23.3 Å². The second-order valence-electron chi connectivity index (χ2n) is 4.35. The zero-order valence-corrected chi connectivity index (χ0v) is 12.2. The molecule has 0 aliphatic carbocycles. The Morgan fingerprint density at radius 2 is 1.80 bits per heavy atom. The summed E-state index contributed by atoms with van der Waals surface area (Å²) in [5.74, 6) is 0.142. The second-order valence-corrected chi connectivity index (χ2v) is 5.17. The van der Waals surface area contributed by atoms with Crippen LogP contribution >= 0.6 is 23.2 Å². The van der Waals surface area contributed by atoms with Crippen LogP contribution in [0.3, 0.4) is 0 Å². The predicted molar refractivity (Wildman–Crippen MR) is 78.1 cm³/mol. The van der Waals surface area contributed by atoms with E-state index in [0.29, 0.717) is 27.8 Å². The number of methoxy groups -OCH3 is 1. The van der Waals surface area contributed by atoms with Gasteiger partial charge in [-0.1, -0.05) is 35.3 Å². The van der Waals surface area contributed by atoms with Crippen LogP contribution in [0, 0.1) is 5.82 Å². The maximum Gasteiger partial charge on any atom is 0.138 e. The van der Waals surface area contributed by atoms with Crippen LogP contribution in [0.1, 0.15) is 17.2 Å². The van der Waals surface area contributed by atoms with E-state index in [1.54, 1.807) is 24.3 Å². The number of halogens is 3. The molecule has 0 amide bonds. The maximum absolute atomic E-state index is 12.8. The Morgan fingerprint density at radius 3 is 2.40 bits per heavy atom. The van der Waals surface area contributed by atoms with Crippen LogP contribution in [0.25, 0.3) is 0 Å². The molecule has 0 fully saturated rings. The van der Waals surface area contributed by atoms with Crippen molar-refractivity contribution < 1.29 is 14.2 Å². The van der Waals surface area contributed by atoms with E-state index in [9.17, 15) is 9.50 Å². The number of aliphatic hydroxyl groups excluding tert-OH is 1. The first-order chi connectivity index (χ1) is 9.51. The minimum Gasteiger partial charge on any atom is -0.495 e. The summed E-state index contributed by atoms with van der Waals surface area (Å²) >= 11 is 12.1. The van der Waals surface area contributed by atoms with Crippen molar-refractivity contribution in [2.24, 2.45) is 0 Å². The number of benzene rings is 2. The molecule has 0 aliphatic heterocycles. The van der Waals surface area contributed by atoms with Gasteiger partial charge in [-0.25, -0.2) is 4.39 Å². The van der Waals surface area contributed by atoms with Gasteiger partial charge in [0.15, 0.2) is 0 Å². The molecule has 0 aromatic heterocycles. The fourth-order valence-electron chi connectivity index (χ4n) is 1.91. The molecule has 20 heavy (non-hydrogen) atoms. The zero-order chi connectivity index (χ0) is 14.7. The average molecular weight is 315 g/mol. The molecule has 0 spiro atoms. The molecule has 0 radical (unpaired) electrons. The number of rotatable bonds is 4. The van der Waals surface area contributed by atoms with Crippen LogP contribution in [-0.4, -0.2) is 12.2 Å². The van der Waals surface area contributed by atoms with Gasteiger partial charge < -0.3 is 9.84 Å². The van der Waals surface area contributed by atoms with Crippen LogP contribution in [0.5, 0.6) is 5.75 Å². The summed E-state index contributed by atoms with van der Waals surface area (Å²) in [5.41, 5.74) is 1.32. The number of aliphatic hydroxyl groups is 1. The fourth-order valence-corrected chi connectivity index (χ4v) is 2.44. The Hall–Kier alpha value is -1.29. The summed E-state index contributed by atoms with van der Waals surface area (Å²) in [6.07, 6.45) is -0.501. The topological polar surface area (TPSA) is 29.5 Å². The summed E-state index contributed by atoms with van der Waals surface area (Å²) in [6, 6.07) is 9.09. The first-order valence-electron chi connectivity index (χ1n) is 5.96. The highest BCUT2D eigenvalue weighted by Crippen LogP contribution is 2.34. The first kappa shape index (κ1) is 15.1. The molecule has 0 heterocycles. The van der Waals surface area contributed by atoms with E-state index in [2.05, 4.69) is 0 Å². The van der Waals surface area contributed by atoms with E-state index in [1.807, 2.05) is 0 Å². The molecule has 1 N–H and O–H groups in total. The Labute approximate surface area is 126 Å². The predicted octanol–water partition coefficient (Wildman–Crippen LogP) is 4.42. The molecular weight excluding hydrogens is 302 g/mol. The summed E-state index contributed by atoms with van der Waals surface area (Å²) in [6.45, 7) is 0. The van der Waals surface area contributed by atoms with E-state index in [1.165, 1.54) is 19.2 Å². The highest BCUT2D eigenvalue weighted by molar-refractivity contribution is 6.34. The summed E-state index contributed by atoms with van der Waals surface area (Å²) in [7, 11) is 1.49. The normalized spacial score (nSPS) is 12.2. The number of hydrogen-bond acceptors (Lipinski definition) is 2. The summed E-state index contributed by atoms with van der Waals surface area (Å²) in [4.78, 5) is 0. The average Bonchev–Trinajstić information content (AvgIpc) is 2.43. The van der Waals surface area contributed by atoms with E-state index in [4.69, 9.17) is 27.9 Å². The van der Waals surface area contributed by atoms with E-state index >= 15 is 0 Å². The molecule has 0 bridgehead atoms. The highest BCUT2D eigenvalue weighted by Gasteiger charge is 2.15. The largest absolute Gasteiger partial charge is 0.495 e. The van der Waals surface area contributed by atoms with Crippen molar-refractivity contribution in [3.63, 3.8) is 0 Å². The Balaban J connectivity index is 2.22. The molecule has 2 aromatic rings. The molecule has 2 aromatic carbocycles. The van der Waals surface area contributed by atoms with Crippen molar-refractivity contribution in [1.29, 1.82) is 0 Å². The Morgan fingerprint density at radius 1 is 1.15 bits per heavy atom. The molecule has 1 unspecified atom stereocenters. The van der Waals surface area contributed by atoms with Gasteiger partial charge in [0, 0.05) is 18.1 Å². The molecule has 2 rings (SSSR count). The van der Waals surface area contributed by atoms with Crippen molar-refractivity contribution in [2.75, 3.05) is 7.11 Å². The lowest BCUT2D eigenvalue weighted by molar-refractivity contribution is 0.178. The Bertz CT molecular complexity index is 600. The zero-order valence-electron chi connectivity index (χ0n) is 10.7. The SMILES string of the molecule is COc1cc(Cl)c(C(O)Cc2ccc(F)cc2)cc1Cl. The molecule has 0 saturated carbocycles. The lowest BCUT2D eigenvalue weighted by Crippen LogP contribution is -2.03. The van der Waals surface area contributed by atoms with Crippen LogP contribution in [0.15, 0.2) is 36.4 Å². The van der Waals surface area contributed by atoms with Gasteiger partial charge in [-0.2, -0.15) is 0 Å². The van der Waals surface area contributed by atoms with Gasteiger partial charge in [-0.05, 0) is 23.8 Å². The molecular formula is C15H13Cl2FO2. The van der Waals surface area contributed by atoms with Crippen LogP contribution < -0.4 is 4.74 Å². The smallest absolute Gasteiger partial charge is 0.138 e. The van der Waals surface area contributed by atoms with Crippen LogP contribution in [-0.2, 0) is 6.42 Å². The Kier molecular flexibility index (Phi) is 4.86. The van der Waals surface area contributed by atoms with Gasteiger partial charge in [-0.3, -0.25) is 0 Å². The van der Waals surface area contributed by atoms with Crippen LogP contribution in [0.2, 0.25) is 10.0 Å². The highest BCUT2D eigenvalue weighted by atomic mass is 35.5. The number of ether oxygens (including phenoxy) is 1. The molecule has 106 valence electrons. The van der Waals surface area contributed by atoms with E-state index < -0.39 is 6.10 Å². The summed E-state index contributed by atoms with van der Waals surface area (Å²) < 4.78 is 17.9. The van der Waals surface area contributed by atoms with Crippen molar-refractivity contribution in [2.45, 2.75) is 12.5 Å². The summed E-state index contributed by atoms with van der Waals surface area (Å²) in [5, 5.41) is 11.0. The molecule has 0 aliphatic rings. The minimum atomic E-state index is -0.823. The monoisotopic (exact) mass is 314 g/mol. The standard InChI is InChI=1S/C15H13Cl2FO2/c1-20-15-8-12(16)11(7-13(15)17)14(19)6-9-2-4-10(18)5-3-9/h2-5,7-8,14,19H,6H2,1H3. The first-order valence-corrected chi connectivity index (χ1v) is 6.72. The second kappa shape index (κ2) is 6.44. The van der Waals surface area contributed by atoms with Gasteiger partial charge in [-0.15, -0.1) is 0 Å².